The minimum absolute atomic E-state index is 0.714. The van der Waals surface area contributed by atoms with Crippen molar-refractivity contribution in [3.8, 4) is 0 Å². The Labute approximate surface area is 274 Å². The summed E-state index contributed by atoms with van der Waals surface area (Å²) in [5.74, 6) is 0. The maximum Gasteiger partial charge on any atom is 0.0969 e. The van der Waals surface area contributed by atoms with Crippen molar-refractivity contribution in [2.75, 3.05) is 0 Å². The monoisotopic (exact) mass is 612 g/mol. The normalized spacial score (nSPS) is 13.9. The lowest BCUT2D eigenvalue weighted by Gasteiger charge is -2.12. The number of benzene rings is 5. The molecule has 0 atom stereocenters. The number of aromatic nitrogens is 4. The molecule has 0 spiro atoms. The summed E-state index contributed by atoms with van der Waals surface area (Å²) in [5, 5.41) is 9.14. The molecule has 0 fully saturated rings. The number of hydrogen-bond donors (Lipinski definition) is 0. The Kier molecular flexibility index (Phi) is 5.13. The molecule has 0 aliphatic carbocycles. The Hall–Kier alpha value is -6.40. The average molecular weight is 613 g/mol. The van der Waals surface area contributed by atoms with Crippen LogP contribution >= 0.6 is 0 Å². The third-order valence-electron chi connectivity index (χ3n) is 10.1. The van der Waals surface area contributed by atoms with Crippen LogP contribution in [0.4, 0.5) is 11.4 Å². The molecule has 11 rings (SSSR count). The molecule has 4 aromatic heterocycles. The highest BCUT2D eigenvalue weighted by Gasteiger charge is 2.27. The SMILES string of the molecule is c1cc(C2=Nc3c(c4ncccc4c4cccnc34)C2)c2cc3cccc(C4=Nc5c(c6ncccc6c6cccnc56)C4)c3cc2c1. The number of rotatable bonds is 2. The van der Waals surface area contributed by atoms with E-state index in [0.717, 1.165) is 88.7 Å². The lowest BCUT2D eigenvalue weighted by atomic mass is 9.92. The number of nitrogens with zero attached hydrogens (tertiary/aromatic N) is 6. The zero-order valence-electron chi connectivity index (χ0n) is 25.6. The van der Waals surface area contributed by atoms with Crippen molar-refractivity contribution in [2.24, 2.45) is 9.98 Å². The molecular weight excluding hydrogens is 589 g/mol. The molecule has 48 heavy (non-hydrogen) atoms. The van der Waals surface area contributed by atoms with Crippen LogP contribution in [0.15, 0.2) is 132 Å². The highest BCUT2D eigenvalue weighted by Crippen LogP contribution is 2.43. The highest BCUT2D eigenvalue weighted by molar-refractivity contribution is 6.24. The Morgan fingerprint density at radius 1 is 0.375 bits per heavy atom. The smallest absolute Gasteiger partial charge is 0.0969 e. The fourth-order valence-corrected chi connectivity index (χ4v) is 7.98. The van der Waals surface area contributed by atoms with Crippen molar-refractivity contribution in [1.29, 1.82) is 0 Å². The Morgan fingerprint density at radius 3 is 1.21 bits per heavy atom. The molecule has 6 nitrogen and oxygen atoms in total. The van der Waals surface area contributed by atoms with Crippen LogP contribution < -0.4 is 0 Å². The molecule has 2 aliphatic heterocycles. The molecule has 6 heteroatoms. The van der Waals surface area contributed by atoms with Gasteiger partial charge in [-0.05, 0) is 57.9 Å². The molecule has 5 aromatic carbocycles. The first-order chi connectivity index (χ1) is 23.8. The summed E-state index contributed by atoms with van der Waals surface area (Å²) >= 11 is 0. The van der Waals surface area contributed by atoms with E-state index in [-0.39, 0.29) is 0 Å². The molecule has 0 bridgehead atoms. The van der Waals surface area contributed by atoms with Gasteiger partial charge < -0.3 is 0 Å². The van der Waals surface area contributed by atoms with E-state index in [1.54, 1.807) is 0 Å². The van der Waals surface area contributed by atoms with Gasteiger partial charge in [0.15, 0.2) is 0 Å². The van der Waals surface area contributed by atoms with Gasteiger partial charge in [0.1, 0.15) is 0 Å². The predicted molar refractivity (Wildman–Crippen MR) is 195 cm³/mol. The Morgan fingerprint density at radius 2 is 0.771 bits per heavy atom. The fraction of sp³-hybridized carbons (Fsp3) is 0.0476. The molecular formula is C42H24N6. The van der Waals surface area contributed by atoms with Crippen molar-refractivity contribution in [1.82, 2.24) is 19.9 Å². The fourth-order valence-electron chi connectivity index (χ4n) is 7.98. The maximum atomic E-state index is 5.27. The quantitative estimate of drug-likeness (QED) is 0.144. The Bertz CT molecular complexity index is 2760. The highest BCUT2D eigenvalue weighted by atomic mass is 14.9. The second kappa shape index (κ2) is 9.56. The minimum Gasteiger partial charge on any atom is -0.256 e. The molecule has 0 N–H and O–H groups in total. The summed E-state index contributed by atoms with van der Waals surface area (Å²) < 4.78 is 0. The number of hydrogen-bond acceptors (Lipinski definition) is 6. The molecule has 0 amide bonds. The molecule has 0 unspecified atom stereocenters. The van der Waals surface area contributed by atoms with E-state index in [4.69, 9.17) is 29.9 Å². The van der Waals surface area contributed by atoms with Gasteiger partial charge in [-0.25, -0.2) is 9.98 Å². The van der Waals surface area contributed by atoms with Gasteiger partial charge in [0.05, 0.1) is 44.9 Å². The van der Waals surface area contributed by atoms with Crippen LogP contribution in [0.3, 0.4) is 0 Å². The largest absolute Gasteiger partial charge is 0.256 e. The molecule has 0 saturated heterocycles. The number of aliphatic imine (C=N–C) groups is 2. The lowest BCUT2D eigenvalue weighted by molar-refractivity contribution is 1.33. The van der Waals surface area contributed by atoms with E-state index in [2.05, 4.69) is 72.8 Å². The van der Waals surface area contributed by atoms with Crippen molar-refractivity contribution in [3.63, 3.8) is 0 Å². The van der Waals surface area contributed by atoms with Gasteiger partial charge in [0, 0.05) is 81.4 Å². The summed E-state index contributed by atoms with van der Waals surface area (Å²) in [6, 6.07) is 34.2. The average Bonchev–Trinajstić information content (AvgIpc) is 3.80. The number of fused-ring (bicyclic) bond motifs is 14. The van der Waals surface area contributed by atoms with Gasteiger partial charge in [-0.2, -0.15) is 0 Å². The zero-order valence-corrected chi connectivity index (χ0v) is 25.6. The third-order valence-corrected chi connectivity index (χ3v) is 10.1. The van der Waals surface area contributed by atoms with E-state index in [1.165, 1.54) is 21.5 Å². The van der Waals surface area contributed by atoms with Crippen LogP contribution in [0.5, 0.6) is 0 Å². The first-order valence-corrected chi connectivity index (χ1v) is 16.2. The van der Waals surface area contributed by atoms with Crippen LogP contribution in [0.1, 0.15) is 22.3 Å². The maximum absolute atomic E-state index is 5.27. The summed E-state index contributed by atoms with van der Waals surface area (Å²) in [4.78, 5) is 29.7. The molecule has 0 radical (unpaired) electrons. The first-order valence-electron chi connectivity index (χ1n) is 16.2. The molecule has 9 aromatic rings. The van der Waals surface area contributed by atoms with Gasteiger partial charge >= 0.3 is 0 Å². The molecule has 6 heterocycles. The summed E-state index contributed by atoms with van der Waals surface area (Å²) in [5.41, 5.74) is 12.4. The van der Waals surface area contributed by atoms with Crippen molar-refractivity contribution >= 4 is 88.0 Å². The van der Waals surface area contributed by atoms with Gasteiger partial charge in [0.2, 0.25) is 0 Å². The minimum atomic E-state index is 0.714. The van der Waals surface area contributed by atoms with E-state index in [0.29, 0.717) is 12.8 Å². The summed E-state index contributed by atoms with van der Waals surface area (Å²) in [6.45, 7) is 0. The predicted octanol–water partition coefficient (Wildman–Crippen LogP) is 9.54. The van der Waals surface area contributed by atoms with E-state index in [9.17, 15) is 0 Å². The van der Waals surface area contributed by atoms with E-state index in [1.807, 2.05) is 49.1 Å². The van der Waals surface area contributed by atoms with Gasteiger partial charge in [-0.15, -0.1) is 0 Å². The second-order valence-corrected chi connectivity index (χ2v) is 12.6. The molecule has 222 valence electrons. The van der Waals surface area contributed by atoms with Gasteiger partial charge in [0.25, 0.3) is 0 Å². The third kappa shape index (κ3) is 3.51. The zero-order chi connectivity index (χ0) is 31.3. The van der Waals surface area contributed by atoms with Crippen LogP contribution in [0.25, 0.3) is 65.2 Å². The van der Waals surface area contributed by atoms with Crippen LogP contribution in [-0.4, -0.2) is 31.4 Å². The van der Waals surface area contributed by atoms with E-state index >= 15 is 0 Å². The number of pyridine rings is 4. The van der Waals surface area contributed by atoms with Crippen LogP contribution in [-0.2, 0) is 12.8 Å². The lowest BCUT2D eigenvalue weighted by Crippen LogP contribution is -2.04. The summed E-state index contributed by atoms with van der Waals surface area (Å²) in [6.07, 6.45) is 8.87. The standard InChI is InChI=1S/C42H24N6/c1-7-23-19-32-24(8-2-10-26(32)36-22-34-38-28(12-4-16-44-38)30-14-6-18-46-40(30)42(34)48-36)20-31(23)25(9-1)35-21-33-37-27(11-3-15-43-37)29-13-5-17-45-39(29)41(33)47-35/h1-20H,21-22H2. The topological polar surface area (TPSA) is 76.3 Å². The second-order valence-electron chi connectivity index (χ2n) is 12.6. The van der Waals surface area contributed by atoms with E-state index < -0.39 is 0 Å². The van der Waals surface area contributed by atoms with Gasteiger partial charge in [-0.1, -0.05) is 60.7 Å². The van der Waals surface area contributed by atoms with Crippen molar-refractivity contribution in [2.45, 2.75) is 12.8 Å². The molecule has 0 saturated carbocycles. The summed E-state index contributed by atoms with van der Waals surface area (Å²) in [7, 11) is 0. The first kappa shape index (κ1) is 25.8. The van der Waals surface area contributed by atoms with Gasteiger partial charge in [-0.3, -0.25) is 19.9 Å². The van der Waals surface area contributed by atoms with Crippen LogP contribution in [0.2, 0.25) is 0 Å². The van der Waals surface area contributed by atoms with Crippen molar-refractivity contribution in [3.05, 3.63) is 144 Å². The van der Waals surface area contributed by atoms with Crippen molar-refractivity contribution < 1.29 is 0 Å². The molecule has 2 aliphatic rings. The Balaban J connectivity index is 1.07. The van der Waals surface area contributed by atoms with Crippen LogP contribution in [0, 0.1) is 0 Å².